The SMILES string of the molecule is COCCCCn1c(=S)[nH]c2cc(F)c(F)cc21. The van der Waals surface area contributed by atoms with Gasteiger partial charge in [0, 0.05) is 32.4 Å². The molecule has 0 radical (unpaired) electrons. The molecule has 98 valence electrons. The number of halogens is 2. The second kappa shape index (κ2) is 5.58. The molecule has 18 heavy (non-hydrogen) atoms. The number of benzene rings is 1. The van der Waals surface area contributed by atoms with E-state index >= 15 is 0 Å². The number of hydrogen-bond donors (Lipinski definition) is 1. The van der Waals surface area contributed by atoms with Gasteiger partial charge in [-0.05, 0) is 25.1 Å². The van der Waals surface area contributed by atoms with Gasteiger partial charge in [0.25, 0.3) is 0 Å². The van der Waals surface area contributed by atoms with E-state index in [9.17, 15) is 8.78 Å². The fraction of sp³-hybridized carbons (Fsp3) is 0.417. The van der Waals surface area contributed by atoms with Crippen LogP contribution in [-0.4, -0.2) is 23.3 Å². The Morgan fingerprint density at radius 3 is 2.72 bits per heavy atom. The molecule has 0 bridgehead atoms. The van der Waals surface area contributed by atoms with Crippen LogP contribution in [0, 0.1) is 16.4 Å². The van der Waals surface area contributed by atoms with Gasteiger partial charge < -0.3 is 14.3 Å². The molecule has 0 aliphatic carbocycles. The topological polar surface area (TPSA) is 29.9 Å². The highest BCUT2D eigenvalue weighted by atomic mass is 32.1. The molecule has 0 fully saturated rings. The Labute approximate surface area is 108 Å². The third-order valence-electron chi connectivity index (χ3n) is 2.80. The molecule has 1 N–H and O–H groups in total. The van der Waals surface area contributed by atoms with Crippen molar-refractivity contribution < 1.29 is 13.5 Å². The number of aromatic amines is 1. The Balaban J connectivity index is 2.29. The van der Waals surface area contributed by atoms with Crippen LogP contribution in [0.2, 0.25) is 0 Å². The van der Waals surface area contributed by atoms with E-state index < -0.39 is 11.6 Å². The third kappa shape index (κ3) is 2.59. The molecular formula is C12H14F2N2OS. The van der Waals surface area contributed by atoms with E-state index in [-0.39, 0.29) is 0 Å². The number of methoxy groups -OCH3 is 1. The molecule has 6 heteroatoms. The summed E-state index contributed by atoms with van der Waals surface area (Å²) >= 11 is 5.15. The summed E-state index contributed by atoms with van der Waals surface area (Å²) in [6.07, 6.45) is 1.77. The molecule has 2 rings (SSSR count). The maximum absolute atomic E-state index is 13.2. The zero-order valence-electron chi connectivity index (χ0n) is 10.0. The predicted octanol–water partition coefficient (Wildman–Crippen LogP) is 3.40. The fourth-order valence-corrected chi connectivity index (χ4v) is 2.19. The van der Waals surface area contributed by atoms with Crippen molar-refractivity contribution in [3.8, 4) is 0 Å². The first-order chi connectivity index (χ1) is 8.63. The van der Waals surface area contributed by atoms with E-state index in [1.807, 2.05) is 0 Å². The quantitative estimate of drug-likeness (QED) is 0.668. The van der Waals surface area contributed by atoms with Gasteiger partial charge in [-0.25, -0.2) is 8.78 Å². The average molecular weight is 272 g/mol. The summed E-state index contributed by atoms with van der Waals surface area (Å²) in [6.45, 7) is 1.34. The average Bonchev–Trinajstić information content (AvgIpc) is 2.62. The van der Waals surface area contributed by atoms with Gasteiger partial charge in [-0.3, -0.25) is 0 Å². The Morgan fingerprint density at radius 2 is 2.00 bits per heavy atom. The van der Waals surface area contributed by atoms with Gasteiger partial charge in [-0.2, -0.15) is 0 Å². The largest absolute Gasteiger partial charge is 0.385 e. The maximum Gasteiger partial charge on any atom is 0.178 e. The molecule has 0 saturated heterocycles. The smallest absolute Gasteiger partial charge is 0.178 e. The van der Waals surface area contributed by atoms with Gasteiger partial charge in [0.1, 0.15) is 0 Å². The molecule has 0 atom stereocenters. The van der Waals surface area contributed by atoms with Crippen molar-refractivity contribution in [2.24, 2.45) is 0 Å². The van der Waals surface area contributed by atoms with Gasteiger partial charge in [0.05, 0.1) is 11.0 Å². The number of ether oxygens (including phenoxy) is 1. The Kier molecular flexibility index (Phi) is 4.08. The second-order valence-electron chi connectivity index (χ2n) is 4.07. The molecule has 0 amide bonds. The van der Waals surface area contributed by atoms with E-state index in [0.717, 1.165) is 18.9 Å². The van der Waals surface area contributed by atoms with Crippen molar-refractivity contribution in [2.75, 3.05) is 13.7 Å². The molecule has 3 nitrogen and oxygen atoms in total. The number of nitrogens with zero attached hydrogens (tertiary/aromatic N) is 1. The van der Waals surface area contributed by atoms with Crippen LogP contribution in [-0.2, 0) is 11.3 Å². The second-order valence-corrected chi connectivity index (χ2v) is 4.45. The zero-order chi connectivity index (χ0) is 13.1. The summed E-state index contributed by atoms with van der Waals surface area (Å²) in [4.78, 5) is 2.88. The molecule has 0 spiro atoms. The lowest BCUT2D eigenvalue weighted by molar-refractivity contribution is 0.191. The number of hydrogen-bond acceptors (Lipinski definition) is 2. The van der Waals surface area contributed by atoms with Crippen LogP contribution in [0.4, 0.5) is 8.78 Å². The lowest BCUT2D eigenvalue weighted by atomic mass is 10.2. The van der Waals surface area contributed by atoms with Gasteiger partial charge in [0.2, 0.25) is 0 Å². The minimum Gasteiger partial charge on any atom is -0.385 e. The van der Waals surface area contributed by atoms with E-state index in [1.165, 1.54) is 6.07 Å². The highest BCUT2D eigenvalue weighted by molar-refractivity contribution is 7.71. The summed E-state index contributed by atoms with van der Waals surface area (Å²) in [5, 5.41) is 0. The number of unbranched alkanes of at least 4 members (excludes halogenated alkanes) is 1. The summed E-state index contributed by atoms with van der Waals surface area (Å²) in [5.74, 6) is -1.73. The lowest BCUT2D eigenvalue weighted by Gasteiger charge is -2.04. The molecule has 2 aromatic rings. The molecule has 1 heterocycles. The number of rotatable bonds is 5. The molecule has 0 saturated carbocycles. The van der Waals surface area contributed by atoms with Crippen molar-refractivity contribution in [3.63, 3.8) is 0 Å². The van der Waals surface area contributed by atoms with Crippen LogP contribution < -0.4 is 0 Å². The molecule has 0 unspecified atom stereocenters. The number of H-pyrrole nitrogens is 1. The molecule has 0 aliphatic rings. The maximum atomic E-state index is 13.2. The monoisotopic (exact) mass is 272 g/mol. The standard InChI is InChI=1S/C12H14F2N2OS/c1-17-5-3-2-4-16-11-7-9(14)8(13)6-10(11)15-12(16)18/h6-7H,2-5H2,1H3,(H,15,18). The minimum absolute atomic E-state index is 0.479. The Morgan fingerprint density at radius 1 is 1.28 bits per heavy atom. The predicted molar refractivity (Wildman–Crippen MR) is 68.1 cm³/mol. The third-order valence-corrected chi connectivity index (χ3v) is 3.12. The van der Waals surface area contributed by atoms with Crippen molar-refractivity contribution >= 4 is 23.3 Å². The van der Waals surface area contributed by atoms with Crippen LogP contribution in [0.5, 0.6) is 0 Å². The van der Waals surface area contributed by atoms with Crippen molar-refractivity contribution in [2.45, 2.75) is 19.4 Å². The number of aryl methyl sites for hydroxylation is 1. The molecule has 1 aromatic heterocycles. The first kappa shape index (κ1) is 13.2. The first-order valence-electron chi connectivity index (χ1n) is 5.70. The Hall–Kier alpha value is -1.27. The minimum atomic E-state index is -0.870. The van der Waals surface area contributed by atoms with Crippen LogP contribution in [0.25, 0.3) is 11.0 Å². The van der Waals surface area contributed by atoms with Crippen LogP contribution in [0.1, 0.15) is 12.8 Å². The van der Waals surface area contributed by atoms with Crippen LogP contribution in [0.3, 0.4) is 0 Å². The lowest BCUT2D eigenvalue weighted by Crippen LogP contribution is -2.00. The van der Waals surface area contributed by atoms with Gasteiger partial charge in [-0.1, -0.05) is 0 Å². The van der Waals surface area contributed by atoms with Crippen molar-refractivity contribution in [1.29, 1.82) is 0 Å². The molecular weight excluding hydrogens is 258 g/mol. The van der Waals surface area contributed by atoms with Crippen LogP contribution in [0.15, 0.2) is 12.1 Å². The Bertz CT molecular complexity index is 606. The number of fused-ring (bicyclic) bond motifs is 1. The van der Waals surface area contributed by atoms with E-state index in [0.29, 0.717) is 29.0 Å². The summed E-state index contributed by atoms with van der Waals surface area (Å²) < 4.78 is 33.5. The number of imidazole rings is 1. The van der Waals surface area contributed by atoms with Crippen LogP contribution >= 0.6 is 12.2 Å². The molecule has 1 aromatic carbocycles. The summed E-state index contributed by atoms with van der Waals surface area (Å²) in [5.41, 5.74) is 1.11. The van der Waals surface area contributed by atoms with E-state index in [4.69, 9.17) is 17.0 Å². The fourth-order valence-electron chi connectivity index (χ4n) is 1.89. The van der Waals surface area contributed by atoms with E-state index in [1.54, 1.807) is 11.7 Å². The normalized spacial score (nSPS) is 11.3. The highest BCUT2D eigenvalue weighted by Crippen LogP contribution is 2.19. The number of aromatic nitrogens is 2. The highest BCUT2D eigenvalue weighted by Gasteiger charge is 2.09. The summed E-state index contributed by atoms with van der Waals surface area (Å²) in [6, 6.07) is 2.30. The van der Waals surface area contributed by atoms with Gasteiger partial charge in [-0.15, -0.1) is 0 Å². The van der Waals surface area contributed by atoms with E-state index in [2.05, 4.69) is 4.98 Å². The van der Waals surface area contributed by atoms with Gasteiger partial charge in [0.15, 0.2) is 16.4 Å². The van der Waals surface area contributed by atoms with Gasteiger partial charge >= 0.3 is 0 Å². The zero-order valence-corrected chi connectivity index (χ0v) is 10.8. The number of nitrogens with one attached hydrogen (secondary N) is 1. The van der Waals surface area contributed by atoms with Crippen molar-refractivity contribution in [1.82, 2.24) is 9.55 Å². The van der Waals surface area contributed by atoms with Crippen molar-refractivity contribution in [3.05, 3.63) is 28.5 Å². The molecule has 0 aliphatic heterocycles. The summed E-state index contributed by atoms with van der Waals surface area (Å²) in [7, 11) is 1.65. The first-order valence-corrected chi connectivity index (χ1v) is 6.11.